The summed E-state index contributed by atoms with van der Waals surface area (Å²) in [6.45, 7) is 3.90. The standard InChI is InChI=1S/C12H14F2N4/c1-6(2)11-16-12(18(3)17-11)7-4-8(13)9(14)5-10(7)15/h4-6H,15H2,1-3H3. The third kappa shape index (κ3) is 2.05. The molecule has 0 atom stereocenters. The number of nitrogens with zero attached hydrogens (tertiary/aromatic N) is 3. The predicted octanol–water partition coefficient (Wildman–Crippen LogP) is 2.47. The van der Waals surface area contributed by atoms with E-state index in [4.69, 9.17) is 5.73 Å². The first-order valence-electron chi connectivity index (χ1n) is 5.56. The summed E-state index contributed by atoms with van der Waals surface area (Å²) in [5.41, 5.74) is 6.17. The van der Waals surface area contributed by atoms with Gasteiger partial charge in [-0.3, -0.25) is 0 Å². The van der Waals surface area contributed by atoms with Crippen LogP contribution in [0.25, 0.3) is 11.4 Å². The van der Waals surface area contributed by atoms with Gasteiger partial charge >= 0.3 is 0 Å². The molecule has 2 aromatic rings. The topological polar surface area (TPSA) is 56.7 Å². The SMILES string of the molecule is CC(C)c1nc(-c2cc(F)c(F)cc2N)n(C)n1. The molecule has 0 bridgehead atoms. The van der Waals surface area contributed by atoms with Gasteiger partial charge in [0.15, 0.2) is 23.3 Å². The molecule has 0 aliphatic heterocycles. The predicted molar refractivity (Wildman–Crippen MR) is 64.9 cm³/mol. The minimum atomic E-state index is -0.970. The maximum atomic E-state index is 13.3. The second-order valence-corrected chi connectivity index (χ2v) is 4.43. The van der Waals surface area contributed by atoms with Crippen molar-refractivity contribution in [1.29, 1.82) is 0 Å². The Hall–Kier alpha value is -1.98. The summed E-state index contributed by atoms with van der Waals surface area (Å²) in [5, 5.41) is 4.21. The Balaban J connectivity index is 2.58. The van der Waals surface area contributed by atoms with Crippen LogP contribution in [0.15, 0.2) is 12.1 Å². The molecule has 6 heteroatoms. The van der Waals surface area contributed by atoms with Crippen molar-refractivity contribution >= 4 is 5.69 Å². The van der Waals surface area contributed by atoms with E-state index in [1.54, 1.807) is 7.05 Å². The summed E-state index contributed by atoms with van der Waals surface area (Å²) in [4.78, 5) is 4.29. The zero-order valence-electron chi connectivity index (χ0n) is 10.4. The van der Waals surface area contributed by atoms with Crippen molar-refractivity contribution in [3.05, 3.63) is 29.6 Å². The highest BCUT2D eigenvalue weighted by Gasteiger charge is 2.16. The Bertz CT molecular complexity index is 590. The first-order chi connectivity index (χ1) is 8.40. The molecule has 0 saturated carbocycles. The van der Waals surface area contributed by atoms with E-state index in [1.807, 2.05) is 13.8 Å². The van der Waals surface area contributed by atoms with Gasteiger partial charge in [0.05, 0.1) is 0 Å². The van der Waals surface area contributed by atoms with Gasteiger partial charge in [-0.2, -0.15) is 5.10 Å². The van der Waals surface area contributed by atoms with Crippen LogP contribution in [0, 0.1) is 11.6 Å². The summed E-state index contributed by atoms with van der Waals surface area (Å²) in [6, 6.07) is 1.99. The van der Waals surface area contributed by atoms with Gasteiger partial charge in [-0.25, -0.2) is 18.4 Å². The number of aryl methyl sites for hydroxylation is 1. The molecular weight excluding hydrogens is 238 g/mol. The quantitative estimate of drug-likeness (QED) is 0.835. The zero-order chi connectivity index (χ0) is 13.4. The second kappa shape index (κ2) is 4.36. The smallest absolute Gasteiger partial charge is 0.160 e. The minimum absolute atomic E-state index is 0.139. The highest BCUT2D eigenvalue weighted by Crippen LogP contribution is 2.27. The molecule has 1 aromatic carbocycles. The Kier molecular flexibility index (Phi) is 3.02. The average Bonchev–Trinajstić information content (AvgIpc) is 2.66. The molecule has 0 unspecified atom stereocenters. The maximum absolute atomic E-state index is 13.3. The van der Waals surface area contributed by atoms with E-state index < -0.39 is 11.6 Å². The largest absolute Gasteiger partial charge is 0.398 e. The average molecular weight is 252 g/mol. The molecular formula is C12H14F2N4. The van der Waals surface area contributed by atoms with Crippen molar-refractivity contribution in [2.24, 2.45) is 7.05 Å². The lowest BCUT2D eigenvalue weighted by Crippen LogP contribution is -2.00. The lowest BCUT2D eigenvalue weighted by molar-refractivity contribution is 0.509. The van der Waals surface area contributed by atoms with Gasteiger partial charge in [-0.1, -0.05) is 13.8 Å². The fourth-order valence-electron chi connectivity index (χ4n) is 1.64. The van der Waals surface area contributed by atoms with Crippen molar-refractivity contribution < 1.29 is 8.78 Å². The number of benzene rings is 1. The van der Waals surface area contributed by atoms with Crippen LogP contribution in [0.1, 0.15) is 25.6 Å². The zero-order valence-corrected chi connectivity index (χ0v) is 10.4. The van der Waals surface area contributed by atoms with Gasteiger partial charge in [0, 0.05) is 30.3 Å². The third-order valence-electron chi connectivity index (χ3n) is 2.63. The van der Waals surface area contributed by atoms with E-state index in [1.165, 1.54) is 4.68 Å². The van der Waals surface area contributed by atoms with Crippen molar-refractivity contribution in [1.82, 2.24) is 14.8 Å². The van der Waals surface area contributed by atoms with Gasteiger partial charge < -0.3 is 5.73 Å². The van der Waals surface area contributed by atoms with Crippen LogP contribution in [0.2, 0.25) is 0 Å². The summed E-state index contributed by atoms with van der Waals surface area (Å²) in [7, 11) is 1.69. The second-order valence-electron chi connectivity index (χ2n) is 4.43. The lowest BCUT2D eigenvalue weighted by Gasteiger charge is -2.05. The van der Waals surface area contributed by atoms with Crippen molar-refractivity contribution in [2.45, 2.75) is 19.8 Å². The van der Waals surface area contributed by atoms with E-state index in [9.17, 15) is 8.78 Å². The molecule has 0 fully saturated rings. The Labute approximate surface area is 103 Å². The number of halogens is 2. The molecule has 0 saturated heterocycles. The summed E-state index contributed by atoms with van der Waals surface area (Å²) >= 11 is 0. The number of rotatable bonds is 2. The number of aromatic nitrogens is 3. The number of hydrogen-bond donors (Lipinski definition) is 1. The lowest BCUT2D eigenvalue weighted by atomic mass is 10.1. The summed E-state index contributed by atoms with van der Waals surface area (Å²) < 4.78 is 27.8. The molecule has 2 N–H and O–H groups in total. The van der Waals surface area contributed by atoms with E-state index in [0.29, 0.717) is 17.2 Å². The van der Waals surface area contributed by atoms with Crippen LogP contribution in [-0.2, 0) is 7.05 Å². The summed E-state index contributed by atoms with van der Waals surface area (Å²) in [5.74, 6) is -0.709. The number of nitrogens with two attached hydrogens (primary N) is 1. The molecule has 0 amide bonds. The molecule has 1 aromatic heterocycles. The molecule has 1 heterocycles. The summed E-state index contributed by atoms with van der Waals surface area (Å²) in [6.07, 6.45) is 0. The Morgan fingerprint density at radius 3 is 2.39 bits per heavy atom. The molecule has 0 aliphatic rings. The van der Waals surface area contributed by atoms with Crippen LogP contribution >= 0.6 is 0 Å². The minimum Gasteiger partial charge on any atom is -0.398 e. The molecule has 0 spiro atoms. The van der Waals surface area contributed by atoms with Crippen LogP contribution in [0.4, 0.5) is 14.5 Å². The van der Waals surface area contributed by atoms with Gasteiger partial charge in [0.1, 0.15) is 0 Å². The monoisotopic (exact) mass is 252 g/mol. The van der Waals surface area contributed by atoms with Crippen LogP contribution < -0.4 is 5.73 Å². The van der Waals surface area contributed by atoms with Gasteiger partial charge in [-0.15, -0.1) is 0 Å². The maximum Gasteiger partial charge on any atom is 0.160 e. The van der Waals surface area contributed by atoms with E-state index in [2.05, 4.69) is 10.1 Å². The normalized spacial score (nSPS) is 11.2. The van der Waals surface area contributed by atoms with E-state index >= 15 is 0 Å². The first kappa shape index (κ1) is 12.5. The molecule has 0 radical (unpaired) electrons. The molecule has 0 aliphatic carbocycles. The van der Waals surface area contributed by atoms with Gasteiger partial charge in [0.25, 0.3) is 0 Å². The van der Waals surface area contributed by atoms with Crippen LogP contribution in [0.5, 0.6) is 0 Å². The molecule has 96 valence electrons. The Morgan fingerprint density at radius 1 is 1.22 bits per heavy atom. The van der Waals surface area contributed by atoms with Crippen LogP contribution in [0.3, 0.4) is 0 Å². The highest BCUT2D eigenvalue weighted by molar-refractivity contribution is 5.71. The van der Waals surface area contributed by atoms with E-state index in [0.717, 1.165) is 12.1 Å². The van der Waals surface area contributed by atoms with Gasteiger partial charge in [-0.05, 0) is 6.07 Å². The molecule has 18 heavy (non-hydrogen) atoms. The Morgan fingerprint density at radius 2 is 1.83 bits per heavy atom. The number of nitrogen functional groups attached to an aromatic ring is 1. The highest BCUT2D eigenvalue weighted by atomic mass is 19.2. The number of anilines is 1. The first-order valence-corrected chi connectivity index (χ1v) is 5.56. The van der Waals surface area contributed by atoms with Crippen molar-refractivity contribution in [3.63, 3.8) is 0 Å². The molecule has 4 nitrogen and oxygen atoms in total. The fourth-order valence-corrected chi connectivity index (χ4v) is 1.64. The van der Waals surface area contributed by atoms with E-state index in [-0.39, 0.29) is 11.6 Å². The van der Waals surface area contributed by atoms with Crippen molar-refractivity contribution in [2.75, 3.05) is 5.73 Å². The van der Waals surface area contributed by atoms with Crippen LogP contribution in [-0.4, -0.2) is 14.8 Å². The van der Waals surface area contributed by atoms with Crippen molar-refractivity contribution in [3.8, 4) is 11.4 Å². The third-order valence-corrected chi connectivity index (χ3v) is 2.63. The molecule has 2 rings (SSSR count). The fraction of sp³-hybridized carbons (Fsp3) is 0.333. The van der Waals surface area contributed by atoms with Gasteiger partial charge in [0.2, 0.25) is 0 Å². The number of hydrogen-bond acceptors (Lipinski definition) is 3.